The SMILES string of the molecule is NCCc1n[nH]c(=S)n1-c1ccc(OCc2ccccc2)cc1. The molecule has 23 heavy (non-hydrogen) atoms. The molecule has 0 unspecified atom stereocenters. The molecule has 0 fully saturated rings. The first-order chi connectivity index (χ1) is 11.3. The summed E-state index contributed by atoms with van der Waals surface area (Å²) in [6.07, 6.45) is 0.666. The van der Waals surface area contributed by atoms with E-state index in [1.165, 1.54) is 0 Å². The standard InChI is InChI=1S/C17H18N4OS/c18-11-10-16-19-20-17(23)21(16)14-6-8-15(9-7-14)22-12-13-4-2-1-3-5-13/h1-9H,10-12,18H2,(H,20,23). The van der Waals surface area contributed by atoms with Gasteiger partial charge in [0.2, 0.25) is 0 Å². The van der Waals surface area contributed by atoms with Crippen LogP contribution in [0.25, 0.3) is 5.69 Å². The Hall–Kier alpha value is -2.44. The topological polar surface area (TPSA) is 68.9 Å². The Morgan fingerprint density at radius 1 is 1.09 bits per heavy atom. The number of ether oxygens (including phenoxy) is 1. The van der Waals surface area contributed by atoms with Crippen LogP contribution in [0, 0.1) is 4.77 Å². The molecule has 2 aromatic carbocycles. The van der Waals surface area contributed by atoms with Crippen molar-refractivity contribution in [3.8, 4) is 11.4 Å². The summed E-state index contributed by atoms with van der Waals surface area (Å²) in [4.78, 5) is 0. The Balaban J connectivity index is 1.75. The highest BCUT2D eigenvalue weighted by Gasteiger charge is 2.07. The molecule has 1 heterocycles. The zero-order chi connectivity index (χ0) is 16.1. The molecule has 0 bridgehead atoms. The number of H-pyrrole nitrogens is 1. The van der Waals surface area contributed by atoms with Crippen molar-refractivity contribution in [3.05, 3.63) is 70.8 Å². The van der Waals surface area contributed by atoms with Crippen LogP contribution in [0.2, 0.25) is 0 Å². The van der Waals surface area contributed by atoms with Gasteiger partial charge in [0.25, 0.3) is 0 Å². The number of hydrogen-bond donors (Lipinski definition) is 2. The van der Waals surface area contributed by atoms with Crippen LogP contribution in [0.5, 0.6) is 5.75 Å². The third-order valence-electron chi connectivity index (χ3n) is 3.45. The fourth-order valence-electron chi connectivity index (χ4n) is 2.32. The summed E-state index contributed by atoms with van der Waals surface area (Å²) in [6.45, 7) is 1.07. The van der Waals surface area contributed by atoms with Gasteiger partial charge in [-0.05, 0) is 48.6 Å². The monoisotopic (exact) mass is 326 g/mol. The zero-order valence-electron chi connectivity index (χ0n) is 12.6. The first-order valence-electron chi connectivity index (χ1n) is 7.41. The summed E-state index contributed by atoms with van der Waals surface area (Å²) < 4.78 is 8.25. The molecular formula is C17H18N4OS. The van der Waals surface area contributed by atoms with Gasteiger partial charge in [0.15, 0.2) is 4.77 Å². The molecule has 0 aliphatic heterocycles. The highest BCUT2D eigenvalue weighted by molar-refractivity contribution is 7.71. The van der Waals surface area contributed by atoms with Gasteiger partial charge >= 0.3 is 0 Å². The van der Waals surface area contributed by atoms with Gasteiger partial charge in [-0.3, -0.25) is 9.67 Å². The molecule has 5 nitrogen and oxygen atoms in total. The maximum atomic E-state index is 5.79. The van der Waals surface area contributed by atoms with E-state index in [1.54, 1.807) is 0 Å². The summed E-state index contributed by atoms with van der Waals surface area (Å²) in [5, 5.41) is 7.03. The molecule has 0 aliphatic carbocycles. The van der Waals surface area contributed by atoms with Crippen molar-refractivity contribution in [2.75, 3.05) is 6.54 Å². The van der Waals surface area contributed by atoms with Gasteiger partial charge in [-0.15, -0.1) is 0 Å². The number of benzene rings is 2. The van der Waals surface area contributed by atoms with Crippen LogP contribution in [-0.4, -0.2) is 21.3 Å². The molecule has 118 valence electrons. The van der Waals surface area contributed by atoms with E-state index < -0.39 is 0 Å². The van der Waals surface area contributed by atoms with Gasteiger partial charge in [0.05, 0.1) is 0 Å². The van der Waals surface area contributed by atoms with E-state index in [2.05, 4.69) is 10.2 Å². The molecule has 3 aromatic rings. The summed E-state index contributed by atoms with van der Waals surface area (Å²) in [7, 11) is 0. The van der Waals surface area contributed by atoms with Crippen LogP contribution < -0.4 is 10.5 Å². The van der Waals surface area contributed by atoms with Crippen molar-refractivity contribution < 1.29 is 4.74 Å². The average Bonchev–Trinajstić information content (AvgIpc) is 2.95. The lowest BCUT2D eigenvalue weighted by molar-refractivity contribution is 0.306. The van der Waals surface area contributed by atoms with Crippen LogP contribution in [-0.2, 0) is 13.0 Å². The Labute approximate surface area is 139 Å². The number of hydrogen-bond acceptors (Lipinski definition) is 4. The molecule has 1 aromatic heterocycles. The number of nitrogens with two attached hydrogens (primary N) is 1. The molecule has 3 N–H and O–H groups in total. The van der Waals surface area contributed by atoms with Crippen LogP contribution >= 0.6 is 12.2 Å². The van der Waals surface area contributed by atoms with E-state index in [9.17, 15) is 0 Å². The van der Waals surface area contributed by atoms with E-state index in [4.69, 9.17) is 22.7 Å². The average molecular weight is 326 g/mol. The molecule has 3 rings (SSSR count). The molecule has 0 amide bonds. The minimum atomic E-state index is 0.526. The highest BCUT2D eigenvalue weighted by Crippen LogP contribution is 2.18. The summed E-state index contributed by atoms with van der Waals surface area (Å²) in [6, 6.07) is 17.9. The van der Waals surface area contributed by atoms with E-state index in [0.29, 0.717) is 24.3 Å². The summed E-state index contributed by atoms with van der Waals surface area (Å²) in [5.74, 6) is 1.64. The van der Waals surface area contributed by atoms with Crippen molar-refractivity contribution in [2.45, 2.75) is 13.0 Å². The Morgan fingerprint density at radius 3 is 2.52 bits per heavy atom. The normalized spacial score (nSPS) is 10.7. The van der Waals surface area contributed by atoms with E-state index >= 15 is 0 Å². The molecule has 0 atom stereocenters. The van der Waals surface area contributed by atoms with Gasteiger partial charge in [-0.25, -0.2) is 0 Å². The molecular weight excluding hydrogens is 308 g/mol. The van der Waals surface area contributed by atoms with Gasteiger partial charge in [0, 0.05) is 12.1 Å². The van der Waals surface area contributed by atoms with Crippen molar-refractivity contribution >= 4 is 12.2 Å². The predicted octanol–water partition coefficient (Wildman–Crippen LogP) is 3.01. The number of nitrogens with zero attached hydrogens (tertiary/aromatic N) is 2. The highest BCUT2D eigenvalue weighted by atomic mass is 32.1. The molecule has 0 radical (unpaired) electrons. The van der Waals surface area contributed by atoms with E-state index in [1.807, 2.05) is 59.2 Å². The lowest BCUT2D eigenvalue weighted by Gasteiger charge is -2.09. The van der Waals surface area contributed by atoms with Gasteiger partial charge in [-0.2, -0.15) is 5.10 Å². The van der Waals surface area contributed by atoms with Gasteiger partial charge < -0.3 is 10.5 Å². The van der Waals surface area contributed by atoms with E-state index in [0.717, 1.165) is 22.8 Å². The Morgan fingerprint density at radius 2 is 1.83 bits per heavy atom. The smallest absolute Gasteiger partial charge is 0.199 e. The molecule has 6 heteroatoms. The lowest BCUT2D eigenvalue weighted by atomic mass is 10.2. The van der Waals surface area contributed by atoms with Crippen LogP contribution in [0.4, 0.5) is 0 Å². The molecule has 0 saturated carbocycles. The second-order valence-electron chi connectivity index (χ2n) is 5.09. The van der Waals surface area contributed by atoms with Crippen molar-refractivity contribution in [2.24, 2.45) is 5.73 Å². The minimum absolute atomic E-state index is 0.526. The Bertz CT molecular complexity index is 809. The maximum absolute atomic E-state index is 5.79. The molecule has 0 saturated heterocycles. The number of nitrogens with one attached hydrogen (secondary N) is 1. The lowest BCUT2D eigenvalue weighted by Crippen LogP contribution is -2.09. The second kappa shape index (κ2) is 7.21. The fraction of sp³-hybridized carbons (Fsp3) is 0.176. The van der Waals surface area contributed by atoms with Gasteiger partial charge in [-0.1, -0.05) is 30.3 Å². The maximum Gasteiger partial charge on any atom is 0.199 e. The molecule has 0 spiro atoms. The van der Waals surface area contributed by atoms with Crippen LogP contribution in [0.3, 0.4) is 0 Å². The Kier molecular flexibility index (Phi) is 4.85. The van der Waals surface area contributed by atoms with Crippen molar-refractivity contribution in [1.82, 2.24) is 14.8 Å². The van der Waals surface area contributed by atoms with E-state index in [-0.39, 0.29) is 0 Å². The van der Waals surface area contributed by atoms with Crippen molar-refractivity contribution in [3.63, 3.8) is 0 Å². The van der Waals surface area contributed by atoms with Crippen LogP contribution in [0.15, 0.2) is 54.6 Å². The van der Waals surface area contributed by atoms with Crippen molar-refractivity contribution in [1.29, 1.82) is 0 Å². The van der Waals surface area contributed by atoms with Crippen LogP contribution in [0.1, 0.15) is 11.4 Å². The van der Waals surface area contributed by atoms with Gasteiger partial charge in [0.1, 0.15) is 18.2 Å². The first kappa shape index (κ1) is 15.5. The first-order valence-corrected chi connectivity index (χ1v) is 7.82. The number of aromatic nitrogens is 3. The largest absolute Gasteiger partial charge is 0.489 e. The number of aromatic amines is 1. The third-order valence-corrected chi connectivity index (χ3v) is 3.73. The quantitative estimate of drug-likeness (QED) is 0.683. The number of rotatable bonds is 6. The third kappa shape index (κ3) is 3.67. The summed E-state index contributed by atoms with van der Waals surface area (Å²) >= 11 is 5.29. The summed E-state index contributed by atoms with van der Waals surface area (Å²) in [5.41, 5.74) is 7.70. The zero-order valence-corrected chi connectivity index (χ0v) is 13.4. The second-order valence-corrected chi connectivity index (χ2v) is 5.47. The fourth-order valence-corrected chi connectivity index (χ4v) is 2.58. The predicted molar refractivity (Wildman–Crippen MR) is 92.3 cm³/mol. The minimum Gasteiger partial charge on any atom is -0.489 e. The molecule has 0 aliphatic rings.